The van der Waals surface area contributed by atoms with Gasteiger partial charge in [0.25, 0.3) is 5.91 Å². The van der Waals surface area contributed by atoms with Crippen LogP contribution in [0.1, 0.15) is 20.7 Å². The lowest BCUT2D eigenvalue weighted by Crippen LogP contribution is -2.18. The van der Waals surface area contributed by atoms with E-state index in [9.17, 15) is 9.59 Å². The van der Waals surface area contributed by atoms with Crippen molar-refractivity contribution in [3.05, 3.63) is 52.5 Å². The Morgan fingerprint density at radius 3 is 2.46 bits per heavy atom. The van der Waals surface area contributed by atoms with Crippen LogP contribution in [0.2, 0.25) is 5.02 Å². The topological polar surface area (TPSA) is 73.9 Å². The van der Waals surface area contributed by atoms with Crippen molar-refractivity contribution in [1.29, 1.82) is 0 Å². The van der Waals surface area contributed by atoms with E-state index < -0.39 is 11.9 Å². The first kappa shape index (κ1) is 16.1. The number of anilines is 1. The lowest BCUT2D eigenvalue weighted by atomic mass is 10.1. The number of methoxy groups -OCH3 is 1. The van der Waals surface area contributed by atoms with Gasteiger partial charge in [0.15, 0.2) is 11.5 Å². The van der Waals surface area contributed by atoms with E-state index in [0.29, 0.717) is 30.4 Å². The van der Waals surface area contributed by atoms with Crippen LogP contribution < -0.4 is 14.8 Å². The van der Waals surface area contributed by atoms with Crippen molar-refractivity contribution >= 4 is 29.2 Å². The Balaban J connectivity index is 1.90. The lowest BCUT2D eigenvalue weighted by Gasteiger charge is -2.19. The Bertz CT molecular complexity index is 806. The molecule has 124 valence electrons. The number of rotatable bonds is 3. The number of amides is 1. The molecule has 7 heteroatoms. The molecule has 0 aromatic heterocycles. The molecular formula is C17H14ClNO5. The fourth-order valence-electron chi connectivity index (χ4n) is 2.31. The monoisotopic (exact) mass is 347 g/mol. The summed E-state index contributed by atoms with van der Waals surface area (Å²) in [5.74, 6) is -0.0534. The second kappa shape index (κ2) is 6.80. The molecule has 1 heterocycles. The van der Waals surface area contributed by atoms with Crippen LogP contribution in [0.25, 0.3) is 0 Å². The zero-order chi connectivity index (χ0) is 17.1. The Morgan fingerprint density at radius 1 is 1.08 bits per heavy atom. The van der Waals surface area contributed by atoms with Crippen LogP contribution in [0.15, 0.2) is 36.4 Å². The van der Waals surface area contributed by atoms with Crippen LogP contribution in [-0.4, -0.2) is 32.2 Å². The average molecular weight is 348 g/mol. The highest BCUT2D eigenvalue weighted by molar-refractivity contribution is 6.34. The third kappa shape index (κ3) is 3.14. The fourth-order valence-corrected chi connectivity index (χ4v) is 2.55. The number of fused-ring (bicyclic) bond motifs is 1. The largest absolute Gasteiger partial charge is 0.486 e. The molecule has 0 saturated carbocycles. The smallest absolute Gasteiger partial charge is 0.339 e. The summed E-state index contributed by atoms with van der Waals surface area (Å²) in [6.07, 6.45) is 0. The Hall–Kier alpha value is -2.73. The molecule has 1 aliphatic heterocycles. The van der Waals surface area contributed by atoms with E-state index in [2.05, 4.69) is 5.32 Å². The van der Waals surface area contributed by atoms with Crippen LogP contribution in [-0.2, 0) is 4.74 Å². The first-order valence-corrected chi connectivity index (χ1v) is 7.56. The maximum atomic E-state index is 12.5. The zero-order valence-electron chi connectivity index (χ0n) is 12.8. The van der Waals surface area contributed by atoms with E-state index in [1.54, 1.807) is 24.3 Å². The molecule has 0 atom stereocenters. The minimum atomic E-state index is -0.542. The predicted octanol–water partition coefficient (Wildman–Crippen LogP) is 3.15. The van der Waals surface area contributed by atoms with Gasteiger partial charge in [0.05, 0.1) is 28.9 Å². The van der Waals surface area contributed by atoms with Gasteiger partial charge in [-0.3, -0.25) is 4.79 Å². The first-order chi connectivity index (χ1) is 11.6. The summed E-state index contributed by atoms with van der Waals surface area (Å²) in [4.78, 5) is 24.3. The number of hydrogen-bond acceptors (Lipinski definition) is 5. The molecule has 0 bridgehead atoms. The van der Waals surface area contributed by atoms with Gasteiger partial charge in [-0.05, 0) is 18.2 Å². The molecule has 1 amide bonds. The van der Waals surface area contributed by atoms with Crippen LogP contribution in [0.3, 0.4) is 0 Å². The quantitative estimate of drug-likeness (QED) is 0.863. The SMILES string of the molecule is COC(=O)c1ccccc1NC(=O)c1cc2c(cc1Cl)OCCO2. The lowest BCUT2D eigenvalue weighted by molar-refractivity contribution is 0.0602. The predicted molar refractivity (Wildman–Crippen MR) is 88.2 cm³/mol. The number of carbonyl (C=O) groups is 2. The molecule has 3 rings (SSSR count). The van der Waals surface area contributed by atoms with Gasteiger partial charge in [-0.15, -0.1) is 0 Å². The Kier molecular flexibility index (Phi) is 4.57. The number of ether oxygens (including phenoxy) is 3. The van der Waals surface area contributed by atoms with Gasteiger partial charge in [0.1, 0.15) is 13.2 Å². The highest BCUT2D eigenvalue weighted by Gasteiger charge is 2.20. The summed E-state index contributed by atoms with van der Waals surface area (Å²) in [6.45, 7) is 0.836. The van der Waals surface area contributed by atoms with Crippen molar-refractivity contribution in [2.45, 2.75) is 0 Å². The van der Waals surface area contributed by atoms with Crippen LogP contribution >= 0.6 is 11.6 Å². The molecule has 6 nitrogen and oxygen atoms in total. The Labute approximate surface area is 143 Å². The van der Waals surface area contributed by atoms with Gasteiger partial charge in [-0.2, -0.15) is 0 Å². The standard InChI is InChI=1S/C17H14ClNO5/c1-22-17(21)10-4-2-3-5-13(10)19-16(20)11-8-14-15(9-12(11)18)24-7-6-23-14/h2-5,8-9H,6-7H2,1H3,(H,19,20). The van der Waals surface area contributed by atoms with Crippen molar-refractivity contribution in [2.24, 2.45) is 0 Å². The number of esters is 1. The maximum absolute atomic E-state index is 12.5. The van der Waals surface area contributed by atoms with E-state index in [4.69, 9.17) is 25.8 Å². The van der Waals surface area contributed by atoms with Crippen molar-refractivity contribution in [3.8, 4) is 11.5 Å². The van der Waals surface area contributed by atoms with Crippen molar-refractivity contribution < 1.29 is 23.8 Å². The molecule has 0 aliphatic carbocycles. The summed E-state index contributed by atoms with van der Waals surface area (Å²) in [5, 5.41) is 2.90. The second-order valence-electron chi connectivity index (χ2n) is 4.97. The van der Waals surface area contributed by atoms with Gasteiger partial charge < -0.3 is 19.5 Å². The van der Waals surface area contributed by atoms with E-state index in [-0.39, 0.29) is 16.1 Å². The van der Waals surface area contributed by atoms with E-state index in [1.165, 1.54) is 19.2 Å². The molecule has 0 saturated heterocycles. The number of carbonyl (C=O) groups excluding carboxylic acids is 2. The van der Waals surface area contributed by atoms with Crippen LogP contribution in [0.4, 0.5) is 5.69 Å². The minimum absolute atomic E-state index is 0.223. The number of para-hydroxylation sites is 1. The van der Waals surface area contributed by atoms with E-state index in [0.717, 1.165) is 0 Å². The van der Waals surface area contributed by atoms with Crippen molar-refractivity contribution in [1.82, 2.24) is 0 Å². The zero-order valence-corrected chi connectivity index (χ0v) is 13.6. The molecular weight excluding hydrogens is 334 g/mol. The Morgan fingerprint density at radius 2 is 1.75 bits per heavy atom. The molecule has 0 fully saturated rings. The summed E-state index contributed by atoms with van der Waals surface area (Å²) in [6, 6.07) is 9.61. The van der Waals surface area contributed by atoms with Gasteiger partial charge in [0.2, 0.25) is 0 Å². The van der Waals surface area contributed by atoms with E-state index in [1.807, 2.05) is 0 Å². The van der Waals surface area contributed by atoms with Gasteiger partial charge in [-0.25, -0.2) is 4.79 Å². The molecule has 0 unspecified atom stereocenters. The molecule has 0 spiro atoms. The third-order valence-electron chi connectivity index (χ3n) is 3.46. The molecule has 2 aromatic carbocycles. The number of hydrogen-bond donors (Lipinski definition) is 1. The first-order valence-electron chi connectivity index (χ1n) is 7.18. The van der Waals surface area contributed by atoms with Gasteiger partial charge in [0, 0.05) is 6.07 Å². The van der Waals surface area contributed by atoms with Crippen molar-refractivity contribution in [3.63, 3.8) is 0 Å². The van der Waals surface area contributed by atoms with Gasteiger partial charge in [-0.1, -0.05) is 23.7 Å². The molecule has 1 aliphatic rings. The molecule has 24 heavy (non-hydrogen) atoms. The second-order valence-corrected chi connectivity index (χ2v) is 5.37. The normalized spacial score (nSPS) is 12.4. The minimum Gasteiger partial charge on any atom is -0.486 e. The summed E-state index contributed by atoms with van der Waals surface area (Å²) >= 11 is 6.16. The fraction of sp³-hybridized carbons (Fsp3) is 0.176. The number of benzene rings is 2. The number of halogens is 1. The van der Waals surface area contributed by atoms with Crippen LogP contribution in [0, 0.1) is 0 Å². The average Bonchev–Trinajstić information content (AvgIpc) is 2.60. The highest BCUT2D eigenvalue weighted by atomic mass is 35.5. The molecule has 1 N–H and O–H groups in total. The third-order valence-corrected chi connectivity index (χ3v) is 3.77. The van der Waals surface area contributed by atoms with Crippen molar-refractivity contribution in [2.75, 3.05) is 25.6 Å². The maximum Gasteiger partial charge on any atom is 0.339 e. The number of nitrogens with one attached hydrogen (secondary N) is 1. The van der Waals surface area contributed by atoms with Gasteiger partial charge >= 0.3 is 5.97 Å². The van der Waals surface area contributed by atoms with E-state index >= 15 is 0 Å². The molecule has 0 radical (unpaired) electrons. The van der Waals surface area contributed by atoms with Crippen LogP contribution in [0.5, 0.6) is 11.5 Å². The highest BCUT2D eigenvalue weighted by Crippen LogP contribution is 2.35. The molecule has 2 aromatic rings. The summed E-state index contributed by atoms with van der Waals surface area (Å²) < 4.78 is 15.6. The summed E-state index contributed by atoms with van der Waals surface area (Å²) in [7, 11) is 1.28. The summed E-state index contributed by atoms with van der Waals surface area (Å²) in [5.41, 5.74) is 0.808.